The van der Waals surface area contributed by atoms with Gasteiger partial charge < -0.3 is 0 Å². The third-order valence-corrected chi connectivity index (χ3v) is 5.11. The fourth-order valence-electron chi connectivity index (χ4n) is 3.89. The molecule has 5 nitrogen and oxygen atoms in total. The van der Waals surface area contributed by atoms with Crippen molar-refractivity contribution in [3.8, 4) is 0 Å². The van der Waals surface area contributed by atoms with E-state index in [1.807, 2.05) is 13.1 Å². The second kappa shape index (κ2) is 5.77. The number of nitrogens with one attached hydrogen (secondary N) is 1. The first kappa shape index (κ1) is 15.7. The highest BCUT2D eigenvalue weighted by atomic mass is 19.1. The van der Waals surface area contributed by atoms with Crippen LogP contribution in [-0.4, -0.2) is 20.9 Å². The Kier molecular flexibility index (Phi) is 3.93. The maximum atomic E-state index is 14.0. The van der Waals surface area contributed by atoms with Crippen LogP contribution in [0.2, 0.25) is 0 Å². The quantitative estimate of drug-likeness (QED) is 0.675. The van der Waals surface area contributed by atoms with E-state index in [4.69, 9.17) is 0 Å². The van der Waals surface area contributed by atoms with E-state index >= 15 is 0 Å². The first-order valence-corrected chi connectivity index (χ1v) is 7.67. The van der Waals surface area contributed by atoms with Crippen LogP contribution in [0.25, 0.3) is 0 Å². The summed E-state index contributed by atoms with van der Waals surface area (Å²) in [5.41, 5.74) is 3.02. The molecule has 0 radical (unpaired) electrons. The molecule has 3 rings (SSSR count). The molecule has 1 aliphatic rings. The molecule has 1 fully saturated rings. The van der Waals surface area contributed by atoms with Crippen LogP contribution in [0.5, 0.6) is 0 Å². The molecule has 0 aliphatic heterocycles. The van der Waals surface area contributed by atoms with Crippen molar-refractivity contribution in [1.29, 1.82) is 0 Å². The third kappa shape index (κ3) is 2.43. The Balaban J connectivity index is 2.05. The summed E-state index contributed by atoms with van der Waals surface area (Å²) in [5, 5.41) is 13.4. The molecule has 1 saturated carbocycles. The minimum absolute atomic E-state index is 0.141. The lowest BCUT2D eigenvalue weighted by Crippen LogP contribution is -2.42. The molecule has 1 amide bonds. The number of carbonyl (C=O) groups is 1. The van der Waals surface area contributed by atoms with Gasteiger partial charge in [-0.25, -0.2) is 9.87 Å². The summed E-state index contributed by atoms with van der Waals surface area (Å²) in [7, 11) is 1.87. The van der Waals surface area contributed by atoms with E-state index < -0.39 is 11.3 Å². The summed E-state index contributed by atoms with van der Waals surface area (Å²) in [5.74, 6) is -0.671. The lowest BCUT2D eigenvalue weighted by Gasteiger charge is -2.29. The molecular weight excluding hydrogens is 297 g/mol. The fourth-order valence-corrected chi connectivity index (χ4v) is 3.89. The highest BCUT2D eigenvalue weighted by Crippen LogP contribution is 2.49. The van der Waals surface area contributed by atoms with Crippen molar-refractivity contribution < 1.29 is 14.4 Å². The fraction of sp³-hybridized carbons (Fsp3) is 0.412. The Labute approximate surface area is 134 Å². The van der Waals surface area contributed by atoms with E-state index in [1.54, 1.807) is 35.4 Å². The molecule has 2 N–H and O–H groups in total. The Morgan fingerprint density at radius 2 is 2.26 bits per heavy atom. The van der Waals surface area contributed by atoms with Gasteiger partial charge in [0.1, 0.15) is 5.82 Å². The topological polar surface area (TPSA) is 67.2 Å². The van der Waals surface area contributed by atoms with E-state index in [9.17, 15) is 14.4 Å². The number of aryl methyl sites for hydroxylation is 1. The monoisotopic (exact) mass is 317 g/mol. The normalized spacial score (nSPS) is 23.9. The molecule has 0 spiro atoms. The van der Waals surface area contributed by atoms with E-state index in [1.165, 1.54) is 6.07 Å². The Bertz CT molecular complexity index is 743. The van der Waals surface area contributed by atoms with Crippen LogP contribution in [0.3, 0.4) is 0 Å². The summed E-state index contributed by atoms with van der Waals surface area (Å²) in [4.78, 5) is 12.5. The van der Waals surface area contributed by atoms with Crippen LogP contribution in [0.4, 0.5) is 4.39 Å². The molecule has 23 heavy (non-hydrogen) atoms. The van der Waals surface area contributed by atoms with Gasteiger partial charge in [0.05, 0.1) is 5.41 Å². The molecule has 6 heteroatoms. The van der Waals surface area contributed by atoms with E-state index in [0.717, 1.165) is 12.1 Å². The standard InChI is InChI=1S/C17H20FN3O2/c1-11-13(4-3-5-14(11)18)17(16(22)20-23)8-6-12(10-17)15-7-9-19-21(15)2/h3-5,7,9,12,23H,6,8,10H2,1-2H3,(H,20,22)/t12-,17-/m0/s1. The number of benzene rings is 1. The van der Waals surface area contributed by atoms with Gasteiger partial charge >= 0.3 is 0 Å². The van der Waals surface area contributed by atoms with Gasteiger partial charge in [-0.15, -0.1) is 0 Å². The molecule has 0 saturated heterocycles. The van der Waals surface area contributed by atoms with Gasteiger partial charge in [0.2, 0.25) is 0 Å². The van der Waals surface area contributed by atoms with E-state index in [0.29, 0.717) is 24.0 Å². The molecule has 122 valence electrons. The minimum atomic E-state index is -0.921. The summed E-state index contributed by atoms with van der Waals surface area (Å²) >= 11 is 0. The largest absolute Gasteiger partial charge is 0.289 e. The van der Waals surface area contributed by atoms with Crippen LogP contribution in [-0.2, 0) is 17.3 Å². The van der Waals surface area contributed by atoms with Crippen LogP contribution in [0, 0.1) is 12.7 Å². The second-order valence-electron chi connectivity index (χ2n) is 6.25. The summed E-state index contributed by atoms with van der Waals surface area (Å²) < 4.78 is 15.8. The molecule has 2 aromatic rings. The van der Waals surface area contributed by atoms with Gasteiger partial charge in [0.15, 0.2) is 0 Å². The van der Waals surface area contributed by atoms with Gasteiger partial charge in [-0.2, -0.15) is 5.10 Å². The smallest absolute Gasteiger partial charge is 0.254 e. The van der Waals surface area contributed by atoms with Crippen LogP contribution >= 0.6 is 0 Å². The van der Waals surface area contributed by atoms with Crippen LogP contribution < -0.4 is 5.48 Å². The van der Waals surface area contributed by atoms with Gasteiger partial charge in [0, 0.05) is 24.9 Å². The molecule has 2 atom stereocenters. The van der Waals surface area contributed by atoms with Crippen molar-refractivity contribution in [2.45, 2.75) is 37.5 Å². The van der Waals surface area contributed by atoms with Crippen molar-refractivity contribution >= 4 is 5.91 Å². The number of halogens is 1. The number of nitrogens with zero attached hydrogens (tertiary/aromatic N) is 2. The number of rotatable bonds is 3. The lowest BCUT2D eigenvalue weighted by molar-refractivity contribution is -0.135. The SMILES string of the molecule is Cc1c(F)cccc1[C@]1(C(=O)NO)CC[C@H](c2ccnn2C)C1. The number of hydroxylamine groups is 1. The highest BCUT2D eigenvalue weighted by molar-refractivity contribution is 5.88. The maximum absolute atomic E-state index is 14.0. The van der Waals surface area contributed by atoms with Crippen molar-refractivity contribution in [3.63, 3.8) is 0 Å². The van der Waals surface area contributed by atoms with Crippen LogP contribution in [0.15, 0.2) is 30.5 Å². The van der Waals surface area contributed by atoms with Crippen molar-refractivity contribution in [3.05, 3.63) is 53.1 Å². The van der Waals surface area contributed by atoms with E-state index in [2.05, 4.69) is 5.10 Å². The number of aromatic nitrogens is 2. The Morgan fingerprint density at radius 3 is 2.91 bits per heavy atom. The zero-order chi connectivity index (χ0) is 16.6. The lowest BCUT2D eigenvalue weighted by atomic mass is 9.75. The second-order valence-corrected chi connectivity index (χ2v) is 6.25. The zero-order valence-electron chi connectivity index (χ0n) is 13.2. The summed E-state index contributed by atoms with van der Waals surface area (Å²) in [6.07, 6.45) is 3.58. The number of amides is 1. The summed E-state index contributed by atoms with van der Waals surface area (Å²) in [6.45, 7) is 1.68. The first-order valence-electron chi connectivity index (χ1n) is 7.67. The minimum Gasteiger partial charge on any atom is -0.289 e. The van der Waals surface area contributed by atoms with Crippen molar-refractivity contribution in [2.24, 2.45) is 7.05 Å². The number of carbonyl (C=O) groups excluding carboxylic acids is 1. The predicted molar refractivity (Wildman–Crippen MR) is 82.5 cm³/mol. The third-order valence-electron chi connectivity index (χ3n) is 5.11. The maximum Gasteiger partial charge on any atom is 0.254 e. The van der Waals surface area contributed by atoms with Crippen molar-refractivity contribution in [1.82, 2.24) is 15.3 Å². The highest BCUT2D eigenvalue weighted by Gasteiger charge is 2.48. The number of hydrogen-bond donors (Lipinski definition) is 2. The Hall–Kier alpha value is -2.21. The molecule has 0 bridgehead atoms. The molecular formula is C17H20FN3O2. The van der Waals surface area contributed by atoms with Gasteiger partial charge in [-0.3, -0.25) is 14.7 Å². The average Bonchev–Trinajstić information content (AvgIpc) is 3.16. The molecule has 1 aromatic heterocycles. The number of hydrogen-bond acceptors (Lipinski definition) is 3. The summed E-state index contributed by atoms with van der Waals surface area (Å²) in [6, 6.07) is 6.72. The van der Waals surface area contributed by atoms with Gasteiger partial charge in [-0.1, -0.05) is 12.1 Å². The van der Waals surface area contributed by atoms with Crippen molar-refractivity contribution in [2.75, 3.05) is 0 Å². The Morgan fingerprint density at radius 1 is 1.48 bits per heavy atom. The molecule has 1 aliphatic carbocycles. The van der Waals surface area contributed by atoms with Crippen LogP contribution in [0.1, 0.15) is 42.0 Å². The molecule has 1 aromatic carbocycles. The average molecular weight is 317 g/mol. The van der Waals surface area contributed by atoms with Gasteiger partial charge in [-0.05, 0) is 49.4 Å². The van der Waals surface area contributed by atoms with Gasteiger partial charge in [0.25, 0.3) is 5.91 Å². The molecule has 0 unspecified atom stereocenters. The molecule has 1 heterocycles. The van der Waals surface area contributed by atoms with E-state index in [-0.39, 0.29) is 11.7 Å². The first-order chi connectivity index (χ1) is 11.0. The predicted octanol–water partition coefficient (Wildman–Crippen LogP) is 2.58. The zero-order valence-corrected chi connectivity index (χ0v) is 13.2.